The highest BCUT2D eigenvalue weighted by Crippen LogP contribution is 2.24. The number of amides is 1. The van der Waals surface area contributed by atoms with Gasteiger partial charge in [-0.25, -0.2) is 8.42 Å². The van der Waals surface area contributed by atoms with Gasteiger partial charge >= 0.3 is 0 Å². The van der Waals surface area contributed by atoms with E-state index in [1.54, 1.807) is 31.2 Å². The van der Waals surface area contributed by atoms with Crippen LogP contribution in [0.15, 0.2) is 77.7 Å². The second-order valence-electron chi connectivity index (χ2n) is 6.32. The number of carbonyl (C=O) groups is 1. The fourth-order valence-electron chi connectivity index (χ4n) is 2.60. The molecule has 0 saturated carbocycles. The highest BCUT2D eigenvalue weighted by Gasteiger charge is 2.13. The molecule has 0 atom stereocenters. The van der Waals surface area contributed by atoms with Crippen LogP contribution < -0.4 is 10.1 Å². The number of ether oxygens (including phenoxy) is 1. The van der Waals surface area contributed by atoms with Gasteiger partial charge in [-0.15, -0.1) is 0 Å². The van der Waals surface area contributed by atoms with Gasteiger partial charge < -0.3 is 10.1 Å². The summed E-state index contributed by atoms with van der Waals surface area (Å²) in [5.41, 5.74) is 2.11. The minimum absolute atomic E-state index is 0.0233. The smallest absolute Gasteiger partial charge is 0.255 e. The molecule has 3 rings (SSSR count). The normalized spacial score (nSPS) is 11.1. The Hall–Kier alpha value is -3.12. The van der Waals surface area contributed by atoms with Gasteiger partial charge in [-0.1, -0.05) is 19.1 Å². The Morgan fingerprint density at radius 3 is 2.21 bits per heavy atom. The molecular formula is C22H21NO4S. The second-order valence-corrected chi connectivity index (χ2v) is 8.60. The minimum atomic E-state index is -3.28. The Kier molecular flexibility index (Phi) is 5.80. The van der Waals surface area contributed by atoms with E-state index in [9.17, 15) is 13.2 Å². The first-order valence-electron chi connectivity index (χ1n) is 8.86. The summed E-state index contributed by atoms with van der Waals surface area (Å²) >= 11 is 0. The molecule has 0 fully saturated rings. The van der Waals surface area contributed by atoms with Gasteiger partial charge in [-0.05, 0) is 73.2 Å². The average molecular weight is 395 g/mol. The van der Waals surface area contributed by atoms with Crippen molar-refractivity contribution < 1.29 is 17.9 Å². The molecule has 6 heteroatoms. The van der Waals surface area contributed by atoms with E-state index in [4.69, 9.17) is 4.74 Å². The molecule has 0 heterocycles. The van der Waals surface area contributed by atoms with Crippen molar-refractivity contribution in [3.63, 3.8) is 0 Å². The van der Waals surface area contributed by atoms with Gasteiger partial charge in [0.05, 0.1) is 10.6 Å². The Labute approximate surface area is 164 Å². The number of aryl methyl sites for hydroxylation is 1. The minimum Gasteiger partial charge on any atom is -0.457 e. The second kappa shape index (κ2) is 8.27. The third kappa shape index (κ3) is 4.78. The molecule has 0 radical (unpaired) electrons. The molecule has 3 aromatic rings. The van der Waals surface area contributed by atoms with E-state index in [1.165, 1.54) is 24.3 Å². The highest BCUT2D eigenvalue weighted by molar-refractivity contribution is 7.91. The van der Waals surface area contributed by atoms with Crippen molar-refractivity contribution in [2.75, 3.05) is 11.1 Å². The third-order valence-corrected chi connectivity index (χ3v) is 5.94. The summed E-state index contributed by atoms with van der Waals surface area (Å²) < 4.78 is 29.5. The van der Waals surface area contributed by atoms with Crippen molar-refractivity contribution in [3.05, 3.63) is 83.9 Å². The lowest BCUT2D eigenvalue weighted by atomic mass is 10.2. The van der Waals surface area contributed by atoms with Crippen molar-refractivity contribution in [1.29, 1.82) is 0 Å². The number of anilines is 1. The lowest BCUT2D eigenvalue weighted by Crippen LogP contribution is -2.12. The number of hydrogen-bond donors (Lipinski definition) is 1. The van der Waals surface area contributed by atoms with Gasteiger partial charge in [-0.2, -0.15) is 0 Å². The van der Waals surface area contributed by atoms with Crippen molar-refractivity contribution in [2.45, 2.75) is 18.7 Å². The topological polar surface area (TPSA) is 72.5 Å². The van der Waals surface area contributed by atoms with Crippen LogP contribution in [0, 0.1) is 6.92 Å². The molecule has 0 aliphatic heterocycles. The van der Waals surface area contributed by atoms with Crippen LogP contribution in [0.5, 0.6) is 11.5 Å². The molecule has 5 nitrogen and oxygen atoms in total. The molecule has 0 spiro atoms. The van der Waals surface area contributed by atoms with Crippen LogP contribution >= 0.6 is 0 Å². The van der Waals surface area contributed by atoms with Crippen LogP contribution in [0.3, 0.4) is 0 Å². The third-order valence-electron chi connectivity index (χ3n) is 4.19. The van der Waals surface area contributed by atoms with Crippen LogP contribution in [0.2, 0.25) is 0 Å². The number of benzene rings is 3. The van der Waals surface area contributed by atoms with Crippen LogP contribution in [0.4, 0.5) is 5.69 Å². The summed E-state index contributed by atoms with van der Waals surface area (Å²) in [6.07, 6.45) is 0. The largest absolute Gasteiger partial charge is 0.457 e. The molecule has 0 aromatic heterocycles. The van der Waals surface area contributed by atoms with Gasteiger partial charge in [0.15, 0.2) is 9.84 Å². The fraction of sp³-hybridized carbons (Fsp3) is 0.136. The van der Waals surface area contributed by atoms with Crippen LogP contribution in [-0.4, -0.2) is 20.1 Å². The predicted octanol–water partition coefficient (Wildman–Crippen LogP) is 4.83. The maximum absolute atomic E-state index is 12.4. The van der Waals surface area contributed by atoms with Crippen LogP contribution in [-0.2, 0) is 9.84 Å². The molecule has 28 heavy (non-hydrogen) atoms. The van der Waals surface area contributed by atoms with Crippen LogP contribution in [0.1, 0.15) is 22.8 Å². The zero-order valence-corrected chi connectivity index (χ0v) is 16.5. The van der Waals surface area contributed by atoms with E-state index in [2.05, 4.69) is 5.32 Å². The Morgan fingerprint density at radius 2 is 1.61 bits per heavy atom. The first-order valence-corrected chi connectivity index (χ1v) is 10.5. The maximum atomic E-state index is 12.4. The molecule has 0 saturated heterocycles. The SMILES string of the molecule is CCS(=O)(=O)c1ccc(C(=O)Nc2ccc(Oc3cccc(C)c3)cc2)cc1. The summed E-state index contributed by atoms with van der Waals surface area (Å²) in [7, 11) is -3.28. The summed E-state index contributed by atoms with van der Waals surface area (Å²) in [4.78, 5) is 12.6. The molecule has 0 aliphatic carbocycles. The molecular weight excluding hydrogens is 374 g/mol. The van der Waals surface area contributed by atoms with E-state index in [-0.39, 0.29) is 16.6 Å². The first kappa shape index (κ1) is 19.6. The Morgan fingerprint density at radius 1 is 0.929 bits per heavy atom. The molecule has 1 N–H and O–H groups in total. The Bertz CT molecular complexity index is 1070. The fourth-order valence-corrected chi connectivity index (χ4v) is 3.49. The molecule has 144 valence electrons. The van der Waals surface area contributed by atoms with Crippen molar-refractivity contribution >= 4 is 21.4 Å². The molecule has 0 unspecified atom stereocenters. The zero-order valence-electron chi connectivity index (χ0n) is 15.7. The molecule has 1 amide bonds. The number of sulfone groups is 1. The van der Waals surface area contributed by atoms with E-state index in [1.807, 2.05) is 31.2 Å². The van der Waals surface area contributed by atoms with Crippen molar-refractivity contribution in [1.82, 2.24) is 0 Å². The van der Waals surface area contributed by atoms with Gasteiger partial charge in [0.2, 0.25) is 0 Å². The summed E-state index contributed by atoms with van der Waals surface area (Å²) in [6, 6.07) is 20.7. The van der Waals surface area contributed by atoms with Gasteiger partial charge in [0, 0.05) is 11.3 Å². The molecule has 0 bridgehead atoms. The van der Waals surface area contributed by atoms with Crippen molar-refractivity contribution in [3.8, 4) is 11.5 Å². The first-order chi connectivity index (χ1) is 13.4. The number of nitrogens with one attached hydrogen (secondary N) is 1. The number of carbonyl (C=O) groups excluding carboxylic acids is 1. The summed E-state index contributed by atoms with van der Waals surface area (Å²) in [6.45, 7) is 3.58. The zero-order chi connectivity index (χ0) is 20.1. The van der Waals surface area contributed by atoms with Gasteiger partial charge in [-0.3, -0.25) is 4.79 Å². The van der Waals surface area contributed by atoms with E-state index in [0.717, 1.165) is 11.3 Å². The molecule has 0 aliphatic rings. The van der Waals surface area contributed by atoms with Gasteiger partial charge in [0.1, 0.15) is 11.5 Å². The summed E-state index contributed by atoms with van der Waals surface area (Å²) in [5.74, 6) is 1.12. The summed E-state index contributed by atoms with van der Waals surface area (Å²) in [5, 5.41) is 2.79. The highest BCUT2D eigenvalue weighted by atomic mass is 32.2. The quantitative estimate of drug-likeness (QED) is 0.649. The predicted molar refractivity (Wildman–Crippen MR) is 110 cm³/mol. The average Bonchev–Trinajstić information content (AvgIpc) is 2.69. The van der Waals surface area contributed by atoms with E-state index >= 15 is 0 Å². The van der Waals surface area contributed by atoms with E-state index < -0.39 is 9.84 Å². The monoisotopic (exact) mass is 395 g/mol. The standard InChI is InChI=1S/C22H21NO4S/c1-3-28(25,26)21-13-7-17(8-14-21)22(24)23-18-9-11-19(12-10-18)27-20-6-4-5-16(2)15-20/h4-15H,3H2,1-2H3,(H,23,24). The Balaban J connectivity index is 1.66. The number of rotatable bonds is 6. The van der Waals surface area contributed by atoms with Crippen LogP contribution in [0.25, 0.3) is 0 Å². The lowest BCUT2D eigenvalue weighted by Gasteiger charge is -2.09. The van der Waals surface area contributed by atoms with Gasteiger partial charge in [0.25, 0.3) is 5.91 Å². The van der Waals surface area contributed by atoms with E-state index in [0.29, 0.717) is 17.0 Å². The maximum Gasteiger partial charge on any atom is 0.255 e. The molecule has 3 aromatic carbocycles. The number of hydrogen-bond acceptors (Lipinski definition) is 4. The van der Waals surface area contributed by atoms with Crippen molar-refractivity contribution in [2.24, 2.45) is 0 Å². The lowest BCUT2D eigenvalue weighted by molar-refractivity contribution is 0.102.